The van der Waals surface area contributed by atoms with Crippen LogP contribution in [0.3, 0.4) is 0 Å². The first-order valence-corrected chi connectivity index (χ1v) is 30.4. The van der Waals surface area contributed by atoms with Gasteiger partial charge in [0.1, 0.15) is 0 Å². The number of fused-ring (bicyclic) bond motifs is 16. The van der Waals surface area contributed by atoms with Crippen LogP contribution >= 0.6 is 0 Å². The summed E-state index contributed by atoms with van der Waals surface area (Å²) >= 11 is 0. The zero-order valence-electron chi connectivity index (χ0n) is 50.4. The van der Waals surface area contributed by atoms with E-state index < -0.39 is 0 Å². The predicted octanol–water partition coefficient (Wildman–Crippen LogP) is 21.7. The van der Waals surface area contributed by atoms with Gasteiger partial charge in [-0.1, -0.05) is 189 Å². The summed E-state index contributed by atoms with van der Waals surface area (Å²) in [5.41, 5.74) is 36.3. The van der Waals surface area contributed by atoms with Gasteiger partial charge in [-0.05, 0) is 232 Å². The molecule has 2 nitrogen and oxygen atoms in total. The van der Waals surface area contributed by atoms with Gasteiger partial charge in [-0.3, -0.25) is 0 Å². The summed E-state index contributed by atoms with van der Waals surface area (Å²) in [7, 11) is 0. The number of hydrogen-bond acceptors (Lipinski definition) is 0. The first-order valence-electron chi connectivity index (χ1n) is 30.4. The van der Waals surface area contributed by atoms with E-state index in [0.29, 0.717) is 0 Å². The summed E-state index contributed by atoms with van der Waals surface area (Å²) in [6.07, 6.45) is 0. The minimum absolute atomic E-state index is 0.127. The lowest BCUT2D eigenvalue weighted by Crippen LogP contribution is -2.15. The van der Waals surface area contributed by atoms with Gasteiger partial charge in [0.15, 0.2) is 0 Å². The molecule has 0 unspecified atom stereocenters. The van der Waals surface area contributed by atoms with Crippen molar-refractivity contribution in [3.05, 3.63) is 261 Å². The van der Waals surface area contributed by atoms with E-state index in [0.717, 1.165) is 0 Å². The Kier molecular flexibility index (Phi) is 9.70. The molecule has 406 valence electrons. The fourth-order valence-corrected chi connectivity index (χ4v) is 17.0. The number of hydrogen-bond donors (Lipinski definition) is 0. The molecule has 0 amide bonds. The van der Waals surface area contributed by atoms with Gasteiger partial charge in [0, 0.05) is 55.2 Å². The molecule has 13 aromatic rings. The fraction of sp³-hybridized carbons (Fsp3) is 0.195. The van der Waals surface area contributed by atoms with E-state index in [-0.39, 0.29) is 21.7 Å². The predicted molar refractivity (Wildman–Crippen MR) is 355 cm³/mol. The van der Waals surface area contributed by atoms with Crippen molar-refractivity contribution in [3.8, 4) is 78.1 Å². The molecule has 17 rings (SSSR count). The second-order valence-corrected chi connectivity index (χ2v) is 27.3. The molecule has 84 heavy (non-hydrogen) atoms. The van der Waals surface area contributed by atoms with Crippen molar-refractivity contribution >= 4 is 43.4 Å². The summed E-state index contributed by atoms with van der Waals surface area (Å²) in [6, 6.07) is 75.9. The molecule has 0 fully saturated rings. The van der Waals surface area contributed by atoms with Crippen LogP contribution in [0.4, 0.5) is 0 Å². The summed E-state index contributed by atoms with van der Waals surface area (Å²) in [4.78, 5) is 0. The van der Waals surface area contributed by atoms with Gasteiger partial charge >= 0.3 is 0 Å². The van der Waals surface area contributed by atoms with E-state index in [9.17, 15) is 0 Å². The maximum absolute atomic E-state index is 2.59. The number of aromatic nitrogens is 2. The molecule has 0 saturated carbocycles. The van der Waals surface area contributed by atoms with Crippen LogP contribution in [-0.2, 0) is 21.7 Å². The average molecular weight is 1080 g/mol. The number of nitrogens with zero attached hydrogens (tertiary/aromatic N) is 2. The lowest BCUT2D eigenvalue weighted by molar-refractivity contribution is 0.659. The minimum Gasteiger partial charge on any atom is -0.314 e. The first-order chi connectivity index (χ1) is 40.3. The van der Waals surface area contributed by atoms with E-state index in [1.807, 2.05) is 0 Å². The van der Waals surface area contributed by atoms with E-state index in [2.05, 4.69) is 286 Å². The smallest absolute Gasteiger partial charge is 0.0540 e. The van der Waals surface area contributed by atoms with Gasteiger partial charge in [-0.15, -0.1) is 0 Å². The Hall–Kier alpha value is -8.98. The second kappa shape index (κ2) is 16.4. The van der Waals surface area contributed by atoms with Gasteiger partial charge < -0.3 is 9.13 Å². The van der Waals surface area contributed by atoms with Crippen molar-refractivity contribution in [3.63, 3.8) is 0 Å². The summed E-state index contributed by atoms with van der Waals surface area (Å²) in [5.74, 6) is 0. The van der Waals surface area contributed by atoms with Gasteiger partial charge in [0.2, 0.25) is 0 Å². The monoisotopic (exact) mass is 1080 g/mol. The highest BCUT2D eigenvalue weighted by Crippen LogP contribution is 2.57. The van der Waals surface area contributed by atoms with Crippen LogP contribution in [0.2, 0.25) is 0 Å². The maximum atomic E-state index is 2.59. The van der Waals surface area contributed by atoms with Crippen LogP contribution in [0.1, 0.15) is 122 Å². The Bertz CT molecular complexity index is 4850. The average Bonchev–Trinajstić information content (AvgIpc) is 1.39. The van der Waals surface area contributed by atoms with Crippen molar-refractivity contribution in [2.45, 2.75) is 105 Å². The third-order valence-corrected chi connectivity index (χ3v) is 21.8. The quantitative estimate of drug-likeness (QED) is 0.155. The molecule has 2 heterocycles. The maximum Gasteiger partial charge on any atom is 0.0540 e. The van der Waals surface area contributed by atoms with Gasteiger partial charge in [-0.2, -0.15) is 0 Å². The highest BCUT2D eigenvalue weighted by molar-refractivity contribution is 6.26. The van der Waals surface area contributed by atoms with Crippen molar-refractivity contribution in [2.75, 3.05) is 0 Å². The van der Waals surface area contributed by atoms with Crippen molar-refractivity contribution < 1.29 is 0 Å². The first kappa shape index (κ1) is 49.6. The molecule has 0 atom stereocenters. The topological polar surface area (TPSA) is 9.86 Å². The second-order valence-electron chi connectivity index (χ2n) is 27.3. The molecule has 0 saturated heterocycles. The molecule has 2 heteroatoms. The molecule has 4 aliphatic rings. The lowest BCUT2D eigenvalue weighted by atomic mass is 9.79. The van der Waals surface area contributed by atoms with Crippen LogP contribution < -0.4 is 0 Å². The third-order valence-electron chi connectivity index (χ3n) is 21.8. The molecule has 0 spiro atoms. The Labute approximate surface area is 493 Å². The van der Waals surface area contributed by atoms with Crippen LogP contribution in [0.5, 0.6) is 0 Å². The summed E-state index contributed by atoms with van der Waals surface area (Å²) in [5, 5.41) is 7.65. The molecular formula is C82H68N2. The molecule has 0 radical (unpaired) electrons. The van der Waals surface area contributed by atoms with Crippen molar-refractivity contribution in [1.29, 1.82) is 0 Å². The van der Waals surface area contributed by atoms with Crippen molar-refractivity contribution in [2.24, 2.45) is 0 Å². The zero-order chi connectivity index (χ0) is 57.4. The standard InChI is InChI=1S/C82H68N2/c1-45-47(3)83(51-31-35-59-55-23-15-19-27-69(55)81(9,10)73(59)39-51)75-43-65-63(41-61(45)75)77(49-29-33-57-53-21-13-17-25-67(53)79(5,6)71(57)37-49)66-44-76-62(42-64(66)78(65)50-30-34-58-54-22-14-18-26-68(54)80(7,8)72(58)38-50)46(2)48(4)84(76)52-32-36-60-56-24-16-20-28-70(56)82(11,12)74(60)40-52/h13-44H,1-12H3. The van der Waals surface area contributed by atoms with Crippen LogP contribution in [-0.4, -0.2) is 9.13 Å². The van der Waals surface area contributed by atoms with E-state index in [1.54, 1.807) is 0 Å². The number of benzene rings is 11. The van der Waals surface area contributed by atoms with Gasteiger partial charge in [-0.25, -0.2) is 0 Å². The largest absolute Gasteiger partial charge is 0.314 e. The number of rotatable bonds is 4. The molecule has 11 aromatic carbocycles. The summed E-state index contributed by atoms with van der Waals surface area (Å²) in [6.45, 7) is 28.6. The molecule has 4 aliphatic carbocycles. The Balaban J connectivity index is 1.00. The van der Waals surface area contributed by atoms with Gasteiger partial charge in [0.05, 0.1) is 11.0 Å². The van der Waals surface area contributed by atoms with E-state index in [1.165, 1.54) is 189 Å². The van der Waals surface area contributed by atoms with Crippen LogP contribution in [0.15, 0.2) is 194 Å². The SMILES string of the molecule is Cc1c(C)n(-c2ccc3c(c2)C(C)(C)c2ccccc2-3)c2cc3c(-c4ccc5c(c4)C(C)(C)c4ccccc4-5)c4cc5c(C)c(C)n(-c6ccc7c(c6)C(C)(C)c6ccccc6-7)c5cc4c(-c4ccc5c(c4)C(C)(C)c4ccccc4-5)c3cc12. The van der Waals surface area contributed by atoms with E-state index >= 15 is 0 Å². The number of aryl methyl sites for hydroxylation is 2. The zero-order valence-corrected chi connectivity index (χ0v) is 50.4. The highest BCUT2D eigenvalue weighted by Gasteiger charge is 2.40. The van der Waals surface area contributed by atoms with E-state index in [4.69, 9.17) is 0 Å². The Morgan fingerprint density at radius 2 is 0.524 bits per heavy atom. The molecule has 0 aliphatic heterocycles. The molecule has 2 aromatic heterocycles. The van der Waals surface area contributed by atoms with Crippen LogP contribution in [0, 0.1) is 27.7 Å². The molecular weight excluding hydrogens is 1010 g/mol. The van der Waals surface area contributed by atoms with Crippen LogP contribution in [0.25, 0.3) is 121 Å². The summed E-state index contributed by atoms with van der Waals surface area (Å²) < 4.78 is 5.14. The highest BCUT2D eigenvalue weighted by atomic mass is 15.0. The third kappa shape index (κ3) is 6.21. The molecule has 0 bridgehead atoms. The molecule has 0 N–H and O–H groups in total. The normalized spacial score (nSPS) is 15.8. The van der Waals surface area contributed by atoms with Gasteiger partial charge in [0.25, 0.3) is 0 Å². The Morgan fingerprint density at radius 3 is 0.857 bits per heavy atom. The fourth-order valence-electron chi connectivity index (χ4n) is 17.0. The lowest BCUT2D eigenvalue weighted by Gasteiger charge is -2.24. The Morgan fingerprint density at radius 1 is 0.250 bits per heavy atom. The van der Waals surface area contributed by atoms with Crippen molar-refractivity contribution in [1.82, 2.24) is 9.13 Å². The minimum atomic E-state index is -0.177.